The number of aryl methyl sites for hydroxylation is 1. The van der Waals surface area contributed by atoms with Gasteiger partial charge in [-0.05, 0) is 37.8 Å². The fraction of sp³-hybridized carbons (Fsp3) is 0.400. The molecule has 2 rings (SSSR count). The van der Waals surface area contributed by atoms with Gasteiger partial charge in [-0.3, -0.25) is 4.79 Å². The molecule has 90 valence electrons. The van der Waals surface area contributed by atoms with E-state index in [2.05, 4.69) is 12.6 Å². The fourth-order valence-electron chi connectivity index (χ4n) is 2.22. The molecule has 0 aromatic heterocycles. The molecule has 17 heavy (non-hydrogen) atoms. The van der Waals surface area contributed by atoms with Crippen molar-refractivity contribution in [2.24, 2.45) is 0 Å². The highest BCUT2D eigenvalue weighted by Gasteiger charge is 2.21. The molecule has 0 saturated heterocycles. The van der Waals surface area contributed by atoms with Gasteiger partial charge in [0.1, 0.15) is 0 Å². The summed E-state index contributed by atoms with van der Waals surface area (Å²) in [6, 6.07) is 7.96. The van der Waals surface area contributed by atoms with Gasteiger partial charge in [-0.25, -0.2) is 0 Å². The summed E-state index contributed by atoms with van der Waals surface area (Å²) in [5.74, 6) is 0.180. The number of hydrogen-bond acceptors (Lipinski definition) is 1. The van der Waals surface area contributed by atoms with E-state index in [0.29, 0.717) is 0 Å². The Hall–Kier alpha value is -1.57. The standard InChI is InChI=1S/C15H19NO/c1-12(2)9-11-16-10-5-7-13-6-3-4-8-14(13)15(16)17/h3-4,6,8H,1,5,7,9-11H2,2H3. The monoisotopic (exact) mass is 229 g/mol. The third-order valence-electron chi connectivity index (χ3n) is 3.22. The number of carbonyl (C=O) groups is 1. The smallest absolute Gasteiger partial charge is 0.254 e. The van der Waals surface area contributed by atoms with Crippen LogP contribution < -0.4 is 0 Å². The first-order valence-corrected chi connectivity index (χ1v) is 6.20. The van der Waals surface area contributed by atoms with Crippen LogP contribution in [0.15, 0.2) is 36.4 Å². The highest BCUT2D eigenvalue weighted by atomic mass is 16.2. The van der Waals surface area contributed by atoms with Gasteiger partial charge >= 0.3 is 0 Å². The molecule has 1 aliphatic heterocycles. The first-order chi connectivity index (χ1) is 8.18. The van der Waals surface area contributed by atoms with E-state index in [4.69, 9.17) is 0 Å². The third kappa shape index (κ3) is 2.76. The van der Waals surface area contributed by atoms with Gasteiger partial charge < -0.3 is 4.90 Å². The van der Waals surface area contributed by atoms with Crippen LogP contribution in [-0.2, 0) is 6.42 Å². The molecule has 0 bridgehead atoms. The van der Waals surface area contributed by atoms with Gasteiger partial charge in [-0.15, -0.1) is 6.58 Å². The van der Waals surface area contributed by atoms with Gasteiger partial charge in [0.2, 0.25) is 0 Å². The first kappa shape index (κ1) is 11.9. The minimum Gasteiger partial charge on any atom is -0.338 e. The average molecular weight is 229 g/mol. The SMILES string of the molecule is C=C(C)CCN1CCCc2ccccc2C1=O. The largest absolute Gasteiger partial charge is 0.338 e. The zero-order chi connectivity index (χ0) is 12.3. The second-order valence-electron chi connectivity index (χ2n) is 4.76. The number of benzene rings is 1. The first-order valence-electron chi connectivity index (χ1n) is 6.20. The lowest BCUT2D eigenvalue weighted by Crippen LogP contribution is -2.32. The molecular weight excluding hydrogens is 210 g/mol. The molecule has 0 fully saturated rings. The van der Waals surface area contributed by atoms with Crippen molar-refractivity contribution < 1.29 is 4.79 Å². The van der Waals surface area contributed by atoms with Gasteiger partial charge in [0.15, 0.2) is 0 Å². The van der Waals surface area contributed by atoms with Crippen molar-refractivity contribution in [2.75, 3.05) is 13.1 Å². The lowest BCUT2D eigenvalue weighted by atomic mass is 10.0. The zero-order valence-electron chi connectivity index (χ0n) is 10.4. The Morgan fingerprint density at radius 2 is 2.18 bits per heavy atom. The van der Waals surface area contributed by atoms with E-state index in [1.54, 1.807) is 0 Å². The van der Waals surface area contributed by atoms with Crippen LogP contribution >= 0.6 is 0 Å². The van der Waals surface area contributed by atoms with E-state index in [9.17, 15) is 4.79 Å². The van der Waals surface area contributed by atoms with E-state index in [1.165, 1.54) is 5.56 Å². The van der Waals surface area contributed by atoms with Crippen LogP contribution in [0.2, 0.25) is 0 Å². The average Bonchev–Trinajstić information content (AvgIpc) is 2.47. The minimum atomic E-state index is 0.180. The van der Waals surface area contributed by atoms with Crippen molar-refractivity contribution in [3.63, 3.8) is 0 Å². The molecule has 0 atom stereocenters. The predicted octanol–water partition coefficient (Wildman–Crippen LogP) is 3.04. The molecule has 1 aliphatic rings. The lowest BCUT2D eigenvalue weighted by Gasteiger charge is -2.20. The van der Waals surface area contributed by atoms with Crippen LogP contribution in [0.4, 0.5) is 0 Å². The summed E-state index contributed by atoms with van der Waals surface area (Å²) < 4.78 is 0. The molecule has 1 aromatic carbocycles. The highest BCUT2D eigenvalue weighted by molar-refractivity contribution is 5.96. The lowest BCUT2D eigenvalue weighted by molar-refractivity contribution is 0.0763. The van der Waals surface area contributed by atoms with E-state index >= 15 is 0 Å². The maximum atomic E-state index is 12.3. The topological polar surface area (TPSA) is 20.3 Å². The van der Waals surface area contributed by atoms with Crippen LogP contribution in [0.25, 0.3) is 0 Å². The van der Waals surface area contributed by atoms with Gasteiger partial charge in [0.25, 0.3) is 5.91 Å². The molecule has 0 saturated carbocycles. The van der Waals surface area contributed by atoms with E-state index in [0.717, 1.165) is 43.5 Å². The van der Waals surface area contributed by atoms with Gasteiger partial charge in [0, 0.05) is 18.7 Å². The highest BCUT2D eigenvalue weighted by Crippen LogP contribution is 2.18. The Labute approximate surface area is 103 Å². The van der Waals surface area contributed by atoms with Gasteiger partial charge in [0.05, 0.1) is 0 Å². The Kier molecular flexibility index (Phi) is 3.62. The van der Waals surface area contributed by atoms with Gasteiger partial charge in [-0.2, -0.15) is 0 Å². The van der Waals surface area contributed by atoms with Crippen molar-refractivity contribution in [2.45, 2.75) is 26.2 Å². The van der Waals surface area contributed by atoms with Crippen LogP contribution in [0, 0.1) is 0 Å². The summed E-state index contributed by atoms with van der Waals surface area (Å²) in [5.41, 5.74) is 3.21. The van der Waals surface area contributed by atoms with E-state index in [1.807, 2.05) is 30.0 Å². The number of rotatable bonds is 3. The molecule has 1 amide bonds. The van der Waals surface area contributed by atoms with E-state index in [-0.39, 0.29) is 5.91 Å². The number of fused-ring (bicyclic) bond motifs is 1. The summed E-state index contributed by atoms with van der Waals surface area (Å²) in [7, 11) is 0. The number of nitrogens with zero attached hydrogens (tertiary/aromatic N) is 1. The molecule has 1 aromatic rings. The fourth-order valence-corrected chi connectivity index (χ4v) is 2.22. The zero-order valence-corrected chi connectivity index (χ0v) is 10.4. The molecule has 0 N–H and O–H groups in total. The quantitative estimate of drug-likeness (QED) is 0.729. The predicted molar refractivity (Wildman–Crippen MR) is 70.1 cm³/mol. The molecule has 0 spiro atoms. The van der Waals surface area contributed by atoms with Gasteiger partial charge in [-0.1, -0.05) is 23.8 Å². The second-order valence-corrected chi connectivity index (χ2v) is 4.76. The molecule has 0 unspecified atom stereocenters. The Bertz CT molecular complexity index is 436. The molecule has 1 heterocycles. The second kappa shape index (κ2) is 5.17. The third-order valence-corrected chi connectivity index (χ3v) is 3.22. The van der Waals surface area contributed by atoms with Crippen molar-refractivity contribution in [1.29, 1.82) is 0 Å². The Morgan fingerprint density at radius 3 is 2.94 bits per heavy atom. The van der Waals surface area contributed by atoms with Crippen LogP contribution in [0.1, 0.15) is 35.7 Å². The summed E-state index contributed by atoms with van der Waals surface area (Å²) in [5, 5.41) is 0. The number of carbonyl (C=O) groups excluding carboxylic acids is 1. The van der Waals surface area contributed by atoms with Crippen molar-refractivity contribution in [3.8, 4) is 0 Å². The molecule has 0 radical (unpaired) electrons. The molecule has 0 aliphatic carbocycles. The van der Waals surface area contributed by atoms with Crippen molar-refractivity contribution in [1.82, 2.24) is 4.90 Å². The summed E-state index contributed by atoms with van der Waals surface area (Å²) >= 11 is 0. The number of hydrogen-bond donors (Lipinski definition) is 0. The summed E-state index contributed by atoms with van der Waals surface area (Å²) in [6.45, 7) is 7.56. The van der Waals surface area contributed by atoms with E-state index < -0.39 is 0 Å². The van der Waals surface area contributed by atoms with Crippen LogP contribution in [0.3, 0.4) is 0 Å². The molecule has 2 heteroatoms. The van der Waals surface area contributed by atoms with Crippen molar-refractivity contribution >= 4 is 5.91 Å². The Balaban J connectivity index is 2.17. The van der Waals surface area contributed by atoms with Crippen LogP contribution in [-0.4, -0.2) is 23.9 Å². The molecular formula is C15H19NO. The maximum absolute atomic E-state index is 12.3. The Morgan fingerprint density at radius 1 is 1.41 bits per heavy atom. The number of amides is 1. The normalized spacial score (nSPS) is 15.4. The summed E-state index contributed by atoms with van der Waals surface area (Å²) in [4.78, 5) is 14.3. The minimum absolute atomic E-state index is 0.180. The van der Waals surface area contributed by atoms with Crippen molar-refractivity contribution in [3.05, 3.63) is 47.5 Å². The molecule has 2 nitrogen and oxygen atoms in total. The van der Waals surface area contributed by atoms with Crippen LogP contribution in [0.5, 0.6) is 0 Å². The summed E-state index contributed by atoms with van der Waals surface area (Å²) in [6.07, 6.45) is 2.96. The maximum Gasteiger partial charge on any atom is 0.254 e.